The van der Waals surface area contributed by atoms with Crippen molar-refractivity contribution >= 4 is 23.7 Å². The number of carbonyl (C=O) groups excluding carboxylic acids is 4. The summed E-state index contributed by atoms with van der Waals surface area (Å²) in [5.41, 5.74) is 1.49. The third-order valence-corrected chi connectivity index (χ3v) is 6.69. The number of likely N-dealkylation sites (tertiary alicyclic amines) is 1. The predicted molar refractivity (Wildman–Crippen MR) is 130 cm³/mol. The zero-order valence-electron chi connectivity index (χ0n) is 20.2. The Bertz CT molecular complexity index is 1100. The first-order valence-corrected chi connectivity index (χ1v) is 12.0. The van der Waals surface area contributed by atoms with Gasteiger partial charge in [0.05, 0.1) is 12.0 Å². The van der Waals surface area contributed by atoms with E-state index in [4.69, 9.17) is 4.74 Å². The molecule has 0 bridgehead atoms. The van der Waals surface area contributed by atoms with Crippen LogP contribution in [0.3, 0.4) is 0 Å². The fourth-order valence-corrected chi connectivity index (χ4v) is 4.82. The number of esters is 1. The van der Waals surface area contributed by atoms with Crippen molar-refractivity contribution in [3.05, 3.63) is 65.7 Å². The lowest BCUT2D eigenvalue weighted by Gasteiger charge is -2.27. The van der Waals surface area contributed by atoms with Crippen LogP contribution in [-0.2, 0) is 14.4 Å². The third kappa shape index (κ3) is 5.70. The van der Waals surface area contributed by atoms with Crippen molar-refractivity contribution in [1.82, 2.24) is 14.7 Å². The summed E-state index contributed by atoms with van der Waals surface area (Å²) < 4.78 is 5.09. The Kier molecular flexibility index (Phi) is 7.48. The summed E-state index contributed by atoms with van der Waals surface area (Å²) in [7, 11) is 0. The highest BCUT2D eigenvalue weighted by Crippen LogP contribution is 2.29. The Hall–Kier alpha value is -3.68. The van der Waals surface area contributed by atoms with Crippen molar-refractivity contribution in [2.24, 2.45) is 5.92 Å². The normalized spacial score (nSPS) is 19.3. The molecule has 2 saturated heterocycles. The largest absolute Gasteiger partial charge is 0.427 e. The van der Waals surface area contributed by atoms with Crippen LogP contribution in [0.5, 0.6) is 5.75 Å². The Morgan fingerprint density at radius 1 is 0.943 bits per heavy atom. The van der Waals surface area contributed by atoms with E-state index in [0.29, 0.717) is 50.5 Å². The Labute approximate surface area is 205 Å². The van der Waals surface area contributed by atoms with Gasteiger partial charge in [-0.05, 0) is 37.1 Å². The molecule has 0 aromatic heterocycles. The van der Waals surface area contributed by atoms with Crippen LogP contribution in [0.15, 0.2) is 54.6 Å². The molecule has 2 heterocycles. The van der Waals surface area contributed by atoms with Gasteiger partial charge in [0.25, 0.3) is 5.91 Å². The summed E-state index contributed by atoms with van der Waals surface area (Å²) in [5, 5.41) is 0. The molecule has 8 heteroatoms. The lowest BCUT2D eigenvalue weighted by atomic mass is 10.1. The van der Waals surface area contributed by atoms with Crippen LogP contribution in [0.25, 0.3) is 0 Å². The molecule has 2 aliphatic heterocycles. The molecule has 2 fully saturated rings. The van der Waals surface area contributed by atoms with E-state index in [2.05, 4.69) is 0 Å². The molecule has 0 N–H and O–H groups in total. The predicted octanol–water partition coefficient (Wildman–Crippen LogP) is 2.90. The Balaban J connectivity index is 1.36. The van der Waals surface area contributed by atoms with E-state index < -0.39 is 5.97 Å². The molecule has 0 aliphatic carbocycles. The van der Waals surface area contributed by atoms with Crippen LogP contribution < -0.4 is 4.74 Å². The summed E-state index contributed by atoms with van der Waals surface area (Å²) >= 11 is 0. The van der Waals surface area contributed by atoms with E-state index in [0.717, 1.165) is 5.56 Å². The van der Waals surface area contributed by atoms with Crippen molar-refractivity contribution < 1.29 is 23.9 Å². The number of benzene rings is 2. The first-order valence-electron chi connectivity index (χ1n) is 12.0. The Morgan fingerprint density at radius 3 is 2.40 bits per heavy atom. The van der Waals surface area contributed by atoms with Crippen LogP contribution in [0.1, 0.15) is 48.7 Å². The van der Waals surface area contributed by atoms with E-state index in [1.165, 1.54) is 6.92 Å². The van der Waals surface area contributed by atoms with E-state index >= 15 is 0 Å². The monoisotopic (exact) mass is 477 g/mol. The molecule has 2 atom stereocenters. The first kappa shape index (κ1) is 24.4. The third-order valence-electron chi connectivity index (χ3n) is 6.69. The number of nitrogens with zero attached hydrogens (tertiary/aromatic N) is 3. The van der Waals surface area contributed by atoms with E-state index in [1.54, 1.807) is 39.0 Å². The summed E-state index contributed by atoms with van der Waals surface area (Å²) in [5.74, 6) is -0.661. The van der Waals surface area contributed by atoms with Crippen LogP contribution in [0.4, 0.5) is 0 Å². The second-order valence-corrected chi connectivity index (χ2v) is 9.13. The van der Waals surface area contributed by atoms with Gasteiger partial charge in [0.2, 0.25) is 11.8 Å². The molecule has 0 saturated carbocycles. The standard InChI is InChI=1S/C27H31N3O5/c1-19(21-8-4-3-5-9-21)30-18-23(17-25(30)32)27(34)29-13-7-12-28(14-15-29)26(33)22-10-6-11-24(16-22)35-20(2)31/h3-6,8-11,16,19,23H,7,12-15,17-18H2,1-2H3. The number of hydrogen-bond acceptors (Lipinski definition) is 5. The lowest BCUT2D eigenvalue weighted by Crippen LogP contribution is -2.40. The summed E-state index contributed by atoms with van der Waals surface area (Å²) in [6, 6.07) is 16.3. The zero-order chi connectivity index (χ0) is 24.9. The molecule has 0 spiro atoms. The molecule has 0 radical (unpaired) electrons. The van der Waals surface area contributed by atoms with Crippen molar-refractivity contribution in [1.29, 1.82) is 0 Å². The number of hydrogen-bond donors (Lipinski definition) is 0. The van der Waals surface area contributed by atoms with Crippen LogP contribution in [0.2, 0.25) is 0 Å². The maximum absolute atomic E-state index is 13.3. The summed E-state index contributed by atoms with van der Waals surface area (Å²) in [6.07, 6.45) is 0.879. The van der Waals surface area contributed by atoms with E-state index in [9.17, 15) is 19.2 Å². The second kappa shape index (κ2) is 10.7. The SMILES string of the molecule is CC(=O)Oc1cccc(C(=O)N2CCCN(C(=O)C3CC(=O)N(C(C)c4ccccc4)C3)CC2)c1. The molecule has 2 aliphatic rings. The molecule has 2 unspecified atom stereocenters. The van der Waals surface area contributed by atoms with Gasteiger partial charge in [-0.1, -0.05) is 36.4 Å². The maximum atomic E-state index is 13.3. The fraction of sp³-hybridized carbons (Fsp3) is 0.407. The minimum atomic E-state index is -0.444. The summed E-state index contributed by atoms with van der Waals surface area (Å²) in [6.45, 7) is 5.63. The fourth-order valence-electron chi connectivity index (χ4n) is 4.82. The van der Waals surface area contributed by atoms with Gasteiger partial charge < -0.3 is 19.4 Å². The molecule has 184 valence electrons. The topological polar surface area (TPSA) is 87.2 Å². The maximum Gasteiger partial charge on any atom is 0.308 e. The van der Waals surface area contributed by atoms with Gasteiger partial charge >= 0.3 is 5.97 Å². The quantitative estimate of drug-likeness (QED) is 0.488. The number of rotatable bonds is 5. The minimum Gasteiger partial charge on any atom is -0.427 e. The van der Waals surface area contributed by atoms with Gasteiger partial charge in [-0.25, -0.2) is 0 Å². The molecular weight excluding hydrogens is 446 g/mol. The molecule has 2 aromatic rings. The van der Waals surface area contributed by atoms with Crippen LogP contribution in [0, 0.1) is 5.92 Å². The van der Waals surface area contributed by atoms with E-state index in [-0.39, 0.29) is 36.1 Å². The Morgan fingerprint density at radius 2 is 1.66 bits per heavy atom. The van der Waals surface area contributed by atoms with Crippen molar-refractivity contribution in [3.63, 3.8) is 0 Å². The zero-order valence-corrected chi connectivity index (χ0v) is 20.2. The molecular formula is C27H31N3O5. The highest BCUT2D eigenvalue weighted by molar-refractivity contribution is 5.95. The number of carbonyl (C=O) groups is 4. The highest BCUT2D eigenvalue weighted by Gasteiger charge is 2.39. The minimum absolute atomic E-state index is 0.000934. The van der Waals surface area contributed by atoms with E-state index in [1.807, 2.05) is 37.3 Å². The van der Waals surface area contributed by atoms with Gasteiger partial charge in [0, 0.05) is 51.6 Å². The first-order chi connectivity index (χ1) is 16.8. The second-order valence-electron chi connectivity index (χ2n) is 9.13. The average Bonchev–Trinajstić information content (AvgIpc) is 3.08. The van der Waals surface area contributed by atoms with Gasteiger partial charge in [-0.3, -0.25) is 19.2 Å². The number of ether oxygens (including phenoxy) is 1. The summed E-state index contributed by atoms with van der Waals surface area (Å²) in [4.78, 5) is 55.6. The molecule has 3 amide bonds. The van der Waals surface area contributed by atoms with Crippen LogP contribution >= 0.6 is 0 Å². The smallest absolute Gasteiger partial charge is 0.308 e. The lowest BCUT2D eigenvalue weighted by molar-refractivity contribution is -0.135. The van der Waals surface area contributed by atoms with Gasteiger partial charge in [-0.15, -0.1) is 0 Å². The number of amides is 3. The molecule has 4 rings (SSSR count). The van der Waals surface area contributed by atoms with Crippen molar-refractivity contribution in [2.75, 3.05) is 32.7 Å². The highest BCUT2D eigenvalue weighted by atomic mass is 16.5. The van der Waals surface area contributed by atoms with Gasteiger partial charge in [0.15, 0.2) is 0 Å². The van der Waals surface area contributed by atoms with Crippen molar-refractivity contribution in [3.8, 4) is 5.75 Å². The molecule has 8 nitrogen and oxygen atoms in total. The van der Waals surface area contributed by atoms with Crippen molar-refractivity contribution in [2.45, 2.75) is 32.7 Å². The van der Waals surface area contributed by atoms with Gasteiger partial charge in [0.1, 0.15) is 5.75 Å². The van der Waals surface area contributed by atoms with Gasteiger partial charge in [-0.2, -0.15) is 0 Å². The molecule has 35 heavy (non-hydrogen) atoms. The average molecular weight is 478 g/mol. The van der Waals surface area contributed by atoms with Crippen LogP contribution in [-0.4, -0.2) is 71.1 Å². The molecule has 2 aromatic carbocycles.